The van der Waals surface area contributed by atoms with Crippen molar-refractivity contribution in [2.45, 2.75) is 19.3 Å². The van der Waals surface area contributed by atoms with E-state index in [1.807, 2.05) is 0 Å². The SMILES string of the molecule is Cc1c(C(F)(F)F)cnc(N(CCO)CC(F)(F)F)c1C(=O)Nc1ccncc1.[HH]. The molecule has 0 aliphatic heterocycles. The Balaban J connectivity index is 0.00000450. The van der Waals surface area contributed by atoms with Gasteiger partial charge in [0, 0.05) is 32.2 Å². The molecule has 0 aromatic carbocycles. The number of nitrogens with zero attached hydrogens (tertiary/aromatic N) is 3. The van der Waals surface area contributed by atoms with Crippen LogP contribution in [0, 0.1) is 6.92 Å². The molecule has 160 valence electrons. The molecule has 12 heteroatoms. The van der Waals surface area contributed by atoms with E-state index < -0.39 is 60.5 Å². The molecule has 0 spiro atoms. The zero-order chi connectivity index (χ0) is 21.8. The number of hydrogen-bond acceptors (Lipinski definition) is 5. The lowest BCUT2D eigenvalue weighted by Gasteiger charge is -2.27. The molecule has 0 aliphatic carbocycles. The second-order valence-electron chi connectivity index (χ2n) is 5.94. The fourth-order valence-electron chi connectivity index (χ4n) is 2.61. The maximum Gasteiger partial charge on any atom is 0.418 e. The lowest BCUT2D eigenvalue weighted by Crippen LogP contribution is -2.38. The average molecular weight is 424 g/mol. The van der Waals surface area contributed by atoms with Gasteiger partial charge in [-0.05, 0) is 24.6 Å². The van der Waals surface area contributed by atoms with Crippen molar-refractivity contribution in [1.29, 1.82) is 0 Å². The van der Waals surface area contributed by atoms with Crippen molar-refractivity contribution >= 4 is 17.4 Å². The fourth-order valence-corrected chi connectivity index (χ4v) is 2.61. The fraction of sp³-hybridized carbons (Fsp3) is 0.353. The summed E-state index contributed by atoms with van der Waals surface area (Å²) in [6, 6.07) is 2.71. The molecule has 0 unspecified atom stereocenters. The molecular formula is C17H18F6N4O2. The number of nitrogens with one attached hydrogen (secondary N) is 1. The van der Waals surface area contributed by atoms with Crippen molar-refractivity contribution in [1.82, 2.24) is 9.97 Å². The predicted molar refractivity (Wildman–Crippen MR) is 93.6 cm³/mol. The van der Waals surface area contributed by atoms with Gasteiger partial charge in [-0.15, -0.1) is 0 Å². The van der Waals surface area contributed by atoms with Crippen molar-refractivity contribution in [3.8, 4) is 0 Å². The number of aromatic nitrogens is 2. The van der Waals surface area contributed by atoms with Crippen LogP contribution in [-0.2, 0) is 6.18 Å². The van der Waals surface area contributed by atoms with Gasteiger partial charge < -0.3 is 15.3 Å². The second-order valence-corrected chi connectivity index (χ2v) is 5.94. The van der Waals surface area contributed by atoms with Crippen LogP contribution in [0.2, 0.25) is 0 Å². The maximum atomic E-state index is 13.3. The topological polar surface area (TPSA) is 78.3 Å². The number of carbonyl (C=O) groups is 1. The van der Waals surface area contributed by atoms with Gasteiger partial charge >= 0.3 is 12.4 Å². The molecular weight excluding hydrogens is 406 g/mol. The summed E-state index contributed by atoms with van der Waals surface area (Å²) in [5.41, 5.74) is -2.33. The van der Waals surface area contributed by atoms with E-state index in [0.717, 1.165) is 6.92 Å². The summed E-state index contributed by atoms with van der Waals surface area (Å²) in [7, 11) is 0. The van der Waals surface area contributed by atoms with E-state index in [1.54, 1.807) is 0 Å². The largest absolute Gasteiger partial charge is 0.418 e. The van der Waals surface area contributed by atoms with Crippen molar-refractivity contribution < 1.29 is 37.7 Å². The molecule has 2 heterocycles. The Kier molecular flexibility index (Phi) is 6.67. The highest BCUT2D eigenvalue weighted by molar-refractivity contribution is 6.08. The summed E-state index contributed by atoms with van der Waals surface area (Å²) >= 11 is 0. The first-order valence-corrected chi connectivity index (χ1v) is 8.14. The van der Waals surface area contributed by atoms with Crippen LogP contribution in [0.4, 0.5) is 37.8 Å². The standard InChI is InChI=1S/C17H16F6N4O2.H2/c1-10-12(17(21,22)23)8-25-14(27(6-7-28)9-16(18,19)20)13(10)15(29)26-11-2-4-24-5-3-11;/h2-5,8,28H,6-7,9H2,1H3,(H,24,26,29);1H. The Morgan fingerprint density at radius 1 is 1.21 bits per heavy atom. The van der Waals surface area contributed by atoms with Crippen molar-refractivity contribution in [3.05, 3.63) is 47.4 Å². The number of carbonyl (C=O) groups excluding carboxylic acids is 1. The van der Waals surface area contributed by atoms with Crippen molar-refractivity contribution in [2.75, 3.05) is 29.9 Å². The lowest BCUT2D eigenvalue weighted by molar-refractivity contribution is -0.138. The monoisotopic (exact) mass is 424 g/mol. The van der Waals surface area contributed by atoms with Gasteiger partial charge in [0.25, 0.3) is 5.91 Å². The van der Waals surface area contributed by atoms with E-state index in [0.29, 0.717) is 11.1 Å². The van der Waals surface area contributed by atoms with Gasteiger partial charge in [0.2, 0.25) is 0 Å². The first-order chi connectivity index (χ1) is 13.4. The molecule has 0 radical (unpaired) electrons. The first kappa shape index (κ1) is 22.4. The van der Waals surface area contributed by atoms with Crippen LogP contribution < -0.4 is 10.2 Å². The molecule has 29 heavy (non-hydrogen) atoms. The summed E-state index contributed by atoms with van der Waals surface area (Å²) < 4.78 is 78.5. The number of hydrogen-bond donors (Lipinski definition) is 2. The van der Waals surface area contributed by atoms with Crippen molar-refractivity contribution in [3.63, 3.8) is 0 Å². The zero-order valence-electron chi connectivity index (χ0n) is 15.0. The Morgan fingerprint density at radius 2 is 1.83 bits per heavy atom. The summed E-state index contributed by atoms with van der Waals surface area (Å²) in [4.78, 5) is 20.4. The highest BCUT2D eigenvalue weighted by Gasteiger charge is 2.38. The number of pyridine rings is 2. The minimum absolute atomic E-state index is 0. The maximum absolute atomic E-state index is 13.3. The number of anilines is 2. The third kappa shape index (κ3) is 5.79. The van der Waals surface area contributed by atoms with Gasteiger partial charge in [0.05, 0.1) is 17.7 Å². The second kappa shape index (κ2) is 8.64. The predicted octanol–water partition coefficient (Wildman–Crippen LogP) is 3.66. The van der Waals surface area contributed by atoms with Crippen LogP contribution in [0.5, 0.6) is 0 Å². The smallest absolute Gasteiger partial charge is 0.395 e. The van der Waals surface area contributed by atoms with Gasteiger partial charge in [0.1, 0.15) is 12.4 Å². The van der Waals surface area contributed by atoms with Crippen LogP contribution in [0.1, 0.15) is 22.9 Å². The van der Waals surface area contributed by atoms with Gasteiger partial charge in [-0.3, -0.25) is 9.78 Å². The molecule has 0 saturated carbocycles. The van der Waals surface area contributed by atoms with E-state index in [1.165, 1.54) is 24.5 Å². The molecule has 1 amide bonds. The quantitative estimate of drug-likeness (QED) is 0.692. The molecule has 0 saturated heterocycles. The Hall–Kier alpha value is -2.89. The number of halogens is 6. The average Bonchev–Trinajstić information content (AvgIpc) is 2.59. The third-order valence-electron chi connectivity index (χ3n) is 3.83. The molecule has 2 rings (SSSR count). The normalized spacial score (nSPS) is 12.0. The number of amides is 1. The molecule has 0 bridgehead atoms. The van der Waals surface area contributed by atoms with E-state index in [-0.39, 0.29) is 7.11 Å². The van der Waals surface area contributed by atoms with E-state index in [2.05, 4.69) is 15.3 Å². The summed E-state index contributed by atoms with van der Waals surface area (Å²) in [5, 5.41) is 11.4. The summed E-state index contributed by atoms with van der Waals surface area (Å²) in [5.74, 6) is -1.69. The zero-order valence-corrected chi connectivity index (χ0v) is 15.0. The lowest BCUT2D eigenvalue weighted by atomic mass is 10.0. The number of aliphatic hydroxyl groups is 1. The van der Waals surface area contributed by atoms with Crippen LogP contribution in [-0.4, -0.2) is 46.9 Å². The van der Waals surface area contributed by atoms with E-state index in [4.69, 9.17) is 5.11 Å². The number of rotatable bonds is 6. The Labute approximate surface area is 162 Å². The van der Waals surface area contributed by atoms with Gasteiger partial charge in [-0.2, -0.15) is 26.3 Å². The van der Waals surface area contributed by atoms with Crippen LogP contribution in [0.25, 0.3) is 0 Å². The van der Waals surface area contributed by atoms with Crippen molar-refractivity contribution in [2.24, 2.45) is 0 Å². The minimum Gasteiger partial charge on any atom is -0.395 e. The van der Waals surface area contributed by atoms with Gasteiger partial charge in [0.15, 0.2) is 0 Å². The summed E-state index contributed by atoms with van der Waals surface area (Å²) in [6.07, 6.45) is -6.61. The number of alkyl halides is 6. The molecule has 0 aliphatic rings. The molecule has 2 aromatic heterocycles. The molecule has 0 atom stereocenters. The highest BCUT2D eigenvalue weighted by Crippen LogP contribution is 2.36. The Bertz CT molecular complexity index is 862. The first-order valence-electron chi connectivity index (χ1n) is 8.14. The molecule has 2 N–H and O–H groups in total. The Morgan fingerprint density at radius 3 is 2.34 bits per heavy atom. The third-order valence-corrected chi connectivity index (χ3v) is 3.83. The number of aliphatic hydroxyl groups excluding tert-OH is 1. The minimum atomic E-state index is -4.87. The molecule has 2 aromatic rings. The van der Waals surface area contributed by atoms with Gasteiger partial charge in [-0.1, -0.05) is 0 Å². The van der Waals surface area contributed by atoms with Gasteiger partial charge in [-0.25, -0.2) is 4.98 Å². The van der Waals surface area contributed by atoms with E-state index in [9.17, 15) is 31.1 Å². The van der Waals surface area contributed by atoms with E-state index >= 15 is 0 Å². The molecule has 6 nitrogen and oxygen atoms in total. The summed E-state index contributed by atoms with van der Waals surface area (Å²) in [6.45, 7) is -1.96. The molecule has 0 fully saturated rings. The van der Waals surface area contributed by atoms with Crippen LogP contribution >= 0.6 is 0 Å². The van der Waals surface area contributed by atoms with Crippen LogP contribution in [0.3, 0.4) is 0 Å². The van der Waals surface area contributed by atoms with Crippen LogP contribution in [0.15, 0.2) is 30.7 Å². The highest BCUT2D eigenvalue weighted by atomic mass is 19.4.